The molecule has 0 spiro atoms. The van der Waals surface area contributed by atoms with Crippen molar-refractivity contribution in [3.05, 3.63) is 94.5 Å². The highest BCUT2D eigenvalue weighted by Gasteiger charge is 2.42. The monoisotopic (exact) mass is 541 g/mol. The number of halogens is 6. The molecule has 0 bridgehead atoms. The van der Waals surface area contributed by atoms with E-state index in [2.05, 4.69) is 15.6 Å². The molecule has 1 atom stereocenters. The summed E-state index contributed by atoms with van der Waals surface area (Å²) in [4.78, 5) is 17.4. The maximum atomic E-state index is 14.8. The second kappa shape index (κ2) is 11.8. The second-order valence-corrected chi connectivity index (χ2v) is 9.14. The van der Waals surface area contributed by atoms with Gasteiger partial charge in [-0.2, -0.15) is 8.78 Å². The van der Waals surface area contributed by atoms with Gasteiger partial charge in [0.05, 0.1) is 10.7 Å². The molecule has 11 heteroatoms. The standard InChI is InChI=1S/C26H25ClF5N3O2/c1-16(2)34-24(36)35-25(13-17-6-4-3-5-7-17,22-9-8-19(27)14-33-22)18-10-20(28)12-21(11-18)37-15-26(31,32)23(29)30/h3-12,14,16,23H,13,15H2,1-2H3,(H2,34,35,36)/t25-/m0/s1. The number of carbonyl (C=O) groups is 1. The predicted molar refractivity (Wildman–Crippen MR) is 130 cm³/mol. The van der Waals surface area contributed by atoms with Gasteiger partial charge >= 0.3 is 18.4 Å². The van der Waals surface area contributed by atoms with Crippen molar-refractivity contribution in [2.45, 2.75) is 44.2 Å². The van der Waals surface area contributed by atoms with Gasteiger partial charge in [0.25, 0.3) is 0 Å². The van der Waals surface area contributed by atoms with E-state index in [0.717, 1.165) is 17.7 Å². The lowest BCUT2D eigenvalue weighted by Gasteiger charge is -2.36. The number of carbonyl (C=O) groups excluding carboxylic acids is 1. The van der Waals surface area contributed by atoms with E-state index in [1.807, 2.05) is 0 Å². The Hall–Kier alpha value is -3.40. The second-order valence-electron chi connectivity index (χ2n) is 8.71. The molecule has 198 valence electrons. The molecule has 2 aromatic carbocycles. The number of urea groups is 1. The van der Waals surface area contributed by atoms with Crippen LogP contribution in [-0.4, -0.2) is 36.0 Å². The van der Waals surface area contributed by atoms with Gasteiger partial charge in [-0.15, -0.1) is 0 Å². The number of pyridine rings is 1. The zero-order chi connectivity index (χ0) is 27.2. The number of hydrogen-bond acceptors (Lipinski definition) is 3. The highest BCUT2D eigenvalue weighted by atomic mass is 35.5. The molecule has 3 aromatic rings. The predicted octanol–water partition coefficient (Wildman–Crippen LogP) is 6.35. The highest BCUT2D eigenvalue weighted by Crippen LogP contribution is 2.36. The average molecular weight is 542 g/mol. The summed E-state index contributed by atoms with van der Waals surface area (Å²) in [5.41, 5.74) is -0.481. The summed E-state index contributed by atoms with van der Waals surface area (Å²) in [5.74, 6) is -5.76. The molecule has 2 amide bonds. The van der Waals surface area contributed by atoms with Crippen LogP contribution in [0.5, 0.6) is 5.75 Å². The molecule has 0 radical (unpaired) electrons. The van der Waals surface area contributed by atoms with Gasteiger partial charge in [0, 0.05) is 24.7 Å². The molecule has 0 aliphatic carbocycles. The maximum absolute atomic E-state index is 14.8. The van der Waals surface area contributed by atoms with E-state index in [0.29, 0.717) is 5.02 Å². The molecule has 1 heterocycles. The van der Waals surface area contributed by atoms with E-state index in [1.165, 1.54) is 24.4 Å². The summed E-state index contributed by atoms with van der Waals surface area (Å²) in [5, 5.41) is 5.88. The molecule has 0 saturated carbocycles. The van der Waals surface area contributed by atoms with Crippen LogP contribution in [0.15, 0.2) is 66.9 Å². The first-order valence-electron chi connectivity index (χ1n) is 11.3. The number of benzene rings is 2. The zero-order valence-electron chi connectivity index (χ0n) is 20.0. The summed E-state index contributed by atoms with van der Waals surface area (Å²) in [7, 11) is 0. The number of nitrogens with one attached hydrogen (secondary N) is 2. The van der Waals surface area contributed by atoms with E-state index in [4.69, 9.17) is 16.3 Å². The van der Waals surface area contributed by atoms with Crippen molar-refractivity contribution in [2.75, 3.05) is 6.61 Å². The van der Waals surface area contributed by atoms with Crippen molar-refractivity contribution in [3.63, 3.8) is 0 Å². The molecule has 0 unspecified atom stereocenters. The van der Waals surface area contributed by atoms with E-state index in [-0.39, 0.29) is 23.7 Å². The fraction of sp³-hybridized carbons (Fsp3) is 0.308. The van der Waals surface area contributed by atoms with Crippen molar-refractivity contribution in [1.29, 1.82) is 0 Å². The van der Waals surface area contributed by atoms with E-state index in [9.17, 15) is 26.7 Å². The summed E-state index contributed by atoms with van der Waals surface area (Å²) in [6, 6.07) is 14.2. The third-order valence-corrected chi connectivity index (χ3v) is 5.56. The molecule has 0 fully saturated rings. The Morgan fingerprint density at radius 1 is 1.08 bits per heavy atom. The van der Waals surface area contributed by atoms with Crippen LogP contribution in [0.1, 0.15) is 30.7 Å². The van der Waals surface area contributed by atoms with Crippen molar-refractivity contribution < 1.29 is 31.5 Å². The maximum Gasteiger partial charge on any atom is 0.340 e. The average Bonchev–Trinajstić information content (AvgIpc) is 2.82. The van der Waals surface area contributed by atoms with Crippen molar-refractivity contribution in [3.8, 4) is 5.75 Å². The summed E-state index contributed by atoms with van der Waals surface area (Å²) >= 11 is 6.03. The minimum atomic E-state index is -4.44. The minimum absolute atomic E-state index is 0.0596. The Bertz CT molecular complexity index is 1200. The molecule has 0 aliphatic rings. The number of hydrogen-bond donors (Lipinski definition) is 2. The lowest BCUT2D eigenvalue weighted by molar-refractivity contribution is -0.148. The van der Waals surface area contributed by atoms with Crippen LogP contribution in [0.4, 0.5) is 26.7 Å². The largest absolute Gasteiger partial charge is 0.487 e. The van der Waals surface area contributed by atoms with Crippen LogP contribution < -0.4 is 15.4 Å². The van der Waals surface area contributed by atoms with E-state index >= 15 is 0 Å². The van der Waals surface area contributed by atoms with Crippen LogP contribution >= 0.6 is 11.6 Å². The summed E-state index contributed by atoms with van der Waals surface area (Å²) in [6.45, 7) is 1.83. The van der Waals surface area contributed by atoms with Gasteiger partial charge in [-0.05, 0) is 49.2 Å². The van der Waals surface area contributed by atoms with Gasteiger partial charge in [0.15, 0.2) is 6.61 Å². The fourth-order valence-corrected chi connectivity index (χ4v) is 3.79. The third-order valence-electron chi connectivity index (χ3n) is 5.34. The molecule has 5 nitrogen and oxygen atoms in total. The Labute approximate surface area is 216 Å². The number of aromatic nitrogens is 1. The molecular formula is C26H25ClF5N3O2. The van der Waals surface area contributed by atoms with E-state index < -0.39 is 42.1 Å². The number of nitrogens with zero attached hydrogens (tertiary/aromatic N) is 1. The van der Waals surface area contributed by atoms with Crippen LogP contribution in [-0.2, 0) is 12.0 Å². The SMILES string of the molecule is CC(C)NC(=O)N[C@@](Cc1ccccc1)(c1cc(F)cc(OCC(F)(F)C(F)F)c1)c1ccc(Cl)cn1. The number of alkyl halides is 4. The van der Waals surface area contributed by atoms with E-state index in [1.54, 1.807) is 44.2 Å². The van der Waals surface area contributed by atoms with Gasteiger partial charge < -0.3 is 15.4 Å². The quantitative estimate of drug-likeness (QED) is 0.294. The Morgan fingerprint density at radius 2 is 1.78 bits per heavy atom. The van der Waals surface area contributed by atoms with Crippen LogP contribution in [0.25, 0.3) is 0 Å². The molecule has 0 saturated heterocycles. The lowest BCUT2D eigenvalue weighted by Crippen LogP contribution is -2.53. The first kappa shape index (κ1) is 28.2. The Kier molecular flexibility index (Phi) is 8.96. The Morgan fingerprint density at radius 3 is 2.38 bits per heavy atom. The van der Waals surface area contributed by atoms with Crippen molar-refractivity contribution in [2.24, 2.45) is 0 Å². The van der Waals surface area contributed by atoms with Gasteiger partial charge in [0.1, 0.15) is 17.1 Å². The first-order valence-corrected chi connectivity index (χ1v) is 11.6. The number of rotatable bonds is 10. The van der Waals surface area contributed by atoms with Gasteiger partial charge in [-0.25, -0.2) is 18.0 Å². The third kappa shape index (κ3) is 7.31. The lowest BCUT2D eigenvalue weighted by atomic mass is 9.80. The number of amides is 2. The smallest absolute Gasteiger partial charge is 0.340 e. The Balaban J connectivity index is 2.18. The summed E-state index contributed by atoms with van der Waals surface area (Å²) < 4.78 is 71.9. The normalized spacial score (nSPS) is 13.4. The fourth-order valence-electron chi connectivity index (χ4n) is 3.68. The zero-order valence-corrected chi connectivity index (χ0v) is 20.7. The van der Waals surface area contributed by atoms with Gasteiger partial charge in [-0.3, -0.25) is 4.98 Å². The molecule has 37 heavy (non-hydrogen) atoms. The molecule has 1 aromatic heterocycles. The highest BCUT2D eigenvalue weighted by molar-refractivity contribution is 6.30. The van der Waals surface area contributed by atoms with Crippen LogP contribution in [0, 0.1) is 5.82 Å². The van der Waals surface area contributed by atoms with Crippen LogP contribution in [0.2, 0.25) is 5.02 Å². The van der Waals surface area contributed by atoms with Gasteiger partial charge in [-0.1, -0.05) is 41.9 Å². The summed E-state index contributed by atoms with van der Waals surface area (Å²) in [6.07, 6.45) is -2.56. The van der Waals surface area contributed by atoms with Crippen LogP contribution in [0.3, 0.4) is 0 Å². The molecule has 0 aliphatic heterocycles. The first-order chi connectivity index (χ1) is 17.4. The molecule has 3 rings (SSSR count). The topological polar surface area (TPSA) is 63.2 Å². The van der Waals surface area contributed by atoms with Gasteiger partial charge in [0.2, 0.25) is 0 Å². The molecule has 2 N–H and O–H groups in total. The minimum Gasteiger partial charge on any atom is -0.487 e. The number of ether oxygens (including phenoxy) is 1. The molecular weight excluding hydrogens is 517 g/mol. The van der Waals surface area contributed by atoms with Crippen molar-refractivity contribution >= 4 is 17.6 Å². The van der Waals surface area contributed by atoms with Crippen molar-refractivity contribution in [1.82, 2.24) is 15.6 Å².